The first-order valence-electron chi connectivity index (χ1n) is 9.95. The van der Waals surface area contributed by atoms with E-state index in [1.54, 1.807) is 0 Å². The maximum absolute atomic E-state index is 11.8. The van der Waals surface area contributed by atoms with Crippen LogP contribution in [0.5, 0.6) is 0 Å². The van der Waals surface area contributed by atoms with Crippen LogP contribution in [0.3, 0.4) is 0 Å². The fourth-order valence-corrected chi connectivity index (χ4v) is 2.72. The van der Waals surface area contributed by atoms with E-state index in [0.717, 1.165) is 11.1 Å². The monoisotopic (exact) mass is 410 g/mol. The minimum absolute atomic E-state index is 0.141. The molecule has 0 amide bonds. The summed E-state index contributed by atoms with van der Waals surface area (Å²) in [5.74, 6) is -1.55. The molecule has 0 radical (unpaired) electrons. The summed E-state index contributed by atoms with van der Waals surface area (Å²) in [5, 5.41) is 0. The summed E-state index contributed by atoms with van der Waals surface area (Å²) in [6.45, 7) is 0.281. The summed E-state index contributed by atoms with van der Waals surface area (Å²) >= 11 is 0. The van der Waals surface area contributed by atoms with Crippen molar-refractivity contribution in [2.75, 3.05) is 0 Å². The summed E-state index contributed by atoms with van der Waals surface area (Å²) in [6, 6.07) is 18.5. The normalized spacial score (nSPS) is 10.3. The zero-order chi connectivity index (χ0) is 21.6. The number of esters is 2. The second kappa shape index (κ2) is 13.0. The topological polar surface area (TPSA) is 86.7 Å². The molecule has 0 aliphatic rings. The molecule has 6 heteroatoms. The van der Waals surface area contributed by atoms with Gasteiger partial charge in [-0.3, -0.25) is 19.2 Å². The number of benzene rings is 2. The van der Waals surface area contributed by atoms with Gasteiger partial charge in [0.05, 0.1) is 0 Å². The van der Waals surface area contributed by atoms with Gasteiger partial charge in [-0.15, -0.1) is 0 Å². The number of unbranched alkanes of at least 4 members (excludes halogenated alkanes) is 1. The Labute approximate surface area is 176 Å². The Morgan fingerprint density at radius 3 is 1.30 bits per heavy atom. The average molecular weight is 410 g/mol. The molecule has 0 bridgehead atoms. The highest BCUT2D eigenvalue weighted by Crippen LogP contribution is 2.08. The maximum Gasteiger partial charge on any atom is 0.313 e. The number of ether oxygens (including phenoxy) is 2. The van der Waals surface area contributed by atoms with Gasteiger partial charge in [-0.2, -0.15) is 0 Å². The van der Waals surface area contributed by atoms with Crippen LogP contribution in [-0.2, 0) is 41.9 Å². The van der Waals surface area contributed by atoms with Crippen molar-refractivity contribution in [1.82, 2.24) is 0 Å². The van der Waals surface area contributed by atoms with Gasteiger partial charge in [0, 0.05) is 12.8 Å². The van der Waals surface area contributed by atoms with Crippen molar-refractivity contribution in [3.05, 3.63) is 71.8 Å². The van der Waals surface area contributed by atoms with Crippen LogP contribution in [0, 0.1) is 0 Å². The van der Waals surface area contributed by atoms with E-state index >= 15 is 0 Å². The van der Waals surface area contributed by atoms with Gasteiger partial charge >= 0.3 is 11.9 Å². The largest absolute Gasteiger partial charge is 0.460 e. The summed E-state index contributed by atoms with van der Waals surface area (Å²) in [7, 11) is 0. The molecule has 0 aliphatic carbocycles. The second-order valence-electron chi connectivity index (χ2n) is 6.93. The van der Waals surface area contributed by atoms with Gasteiger partial charge in [0.15, 0.2) is 0 Å². The van der Waals surface area contributed by atoms with Gasteiger partial charge in [0.1, 0.15) is 37.6 Å². The number of carbonyl (C=O) groups is 4. The van der Waals surface area contributed by atoms with Crippen LogP contribution < -0.4 is 0 Å². The van der Waals surface area contributed by atoms with Crippen molar-refractivity contribution in [2.24, 2.45) is 0 Å². The van der Waals surface area contributed by atoms with Crippen molar-refractivity contribution in [2.45, 2.75) is 51.7 Å². The molecule has 0 fully saturated rings. The lowest BCUT2D eigenvalue weighted by atomic mass is 10.1. The Morgan fingerprint density at radius 1 is 0.567 bits per heavy atom. The molecule has 0 saturated carbocycles. The Kier molecular flexibility index (Phi) is 10.00. The SMILES string of the molecule is O=C(CCCCC(=O)CC(=O)OCc1ccccc1)CC(=O)OCc1ccccc1. The number of hydrogen-bond donors (Lipinski definition) is 0. The summed E-state index contributed by atoms with van der Waals surface area (Å²) < 4.78 is 10.2. The second-order valence-corrected chi connectivity index (χ2v) is 6.93. The predicted molar refractivity (Wildman–Crippen MR) is 110 cm³/mol. The van der Waals surface area contributed by atoms with E-state index in [1.807, 2.05) is 60.7 Å². The van der Waals surface area contributed by atoms with Gasteiger partial charge in [-0.1, -0.05) is 60.7 Å². The van der Waals surface area contributed by atoms with Crippen LogP contribution in [0.25, 0.3) is 0 Å². The van der Waals surface area contributed by atoms with Crippen LogP contribution in [0.4, 0.5) is 0 Å². The first-order chi connectivity index (χ1) is 14.5. The van der Waals surface area contributed by atoms with Crippen LogP contribution in [0.2, 0.25) is 0 Å². The maximum atomic E-state index is 11.8. The standard InChI is InChI=1S/C24H26O6/c25-21(15-23(27)29-17-19-9-3-1-4-10-19)13-7-8-14-22(26)16-24(28)30-18-20-11-5-2-6-12-20/h1-6,9-12H,7-8,13-18H2. The highest BCUT2D eigenvalue weighted by Gasteiger charge is 2.13. The minimum atomic E-state index is -0.555. The molecule has 0 aliphatic heterocycles. The lowest BCUT2D eigenvalue weighted by molar-refractivity contribution is -0.148. The van der Waals surface area contributed by atoms with Gasteiger partial charge in [-0.25, -0.2) is 0 Å². The molecule has 2 aromatic carbocycles. The van der Waals surface area contributed by atoms with Gasteiger partial charge in [0.2, 0.25) is 0 Å². The highest BCUT2D eigenvalue weighted by atomic mass is 16.5. The van der Waals surface area contributed by atoms with Crippen molar-refractivity contribution in [3.8, 4) is 0 Å². The lowest BCUT2D eigenvalue weighted by Gasteiger charge is -2.05. The van der Waals surface area contributed by atoms with Crippen molar-refractivity contribution < 1.29 is 28.7 Å². The van der Waals surface area contributed by atoms with Gasteiger partial charge in [-0.05, 0) is 24.0 Å². The predicted octanol–water partition coefficient (Wildman–Crippen LogP) is 3.95. The van der Waals surface area contributed by atoms with Crippen molar-refractivity contribution in [3.63, 3.8) is 0 Å². The average Bonchev–Trinajstić information content (AvgIpc) is 2.75. The van der Waals surface area contributed by atoms with E-state index in [1.165, 1.54) is 0 Å². The Hall–Kier alpha value is -3.28. The number of Topliss-reactive ketones (excluding diaryl/α,β-unsaturated/α-hetero) is 2. The molecule has 2 rings (SSSR count). The molecule has 0 atom stereocenters. The Bertz CT molecular complexity index is 758. The highest BCUT2D eigenvalue weighted by molar-refractivity contribution is 5.96. The van der Waals surface area contributed by atoms with Crippen LogP contribution in [0.15, 0.2) is 60.7 Å². The first-order valence-corrected chi connectivity index (χ1v) is 9.95. The molecule has 0 heterocycles. The third kappa shape index (κ3) is 9.78. The number of carbonyl (C=O) groups excluding carboxylic acids is 4. The fraction of sp³-hybridized carbons (Fsp3) is 0.333. The molecule has 0 spiro atoms. The summed E-state index contributed by atoms with van der Waals surface area (Å²) in [6.07, 6.45) is 0.822. The fourth-order valence-electron chi connectivity index (χ4n) is 2.72. The van der Waals surface area contributed by atoms with Crippen LogP contribution in [0.1, 0.15) is 49.7 Å². The molecular weight excluding hydrogens is 384 g/mol. The third-order valence-corrected chi connectivity index (χ3v) is 4.33. The van der Waals surface area contributed by atoms with Gasteiger partial charge < -0.3 is 9.47 Å². The van der Waals surface area contributed by atoms with E-state index in [9.17, 15) is 19.2 Å². The van der Waals surface area contributed by atoms with Crippen molar-refractivity contribution in [1.29, 1.82) is 0 Å². The van der Waals surface area contributed by atoms with E-state index < -0.39 is 11.9 Å². The van der Waals surface area contributed by atoms with Crippen LogP contribution >= 0.6 is 0 Å². The molecule has 0 N–H and O–H groups in total. The quantitative estimate of drug-likeness (QED) is 0.282. The number of hydrogen-bond acceptors (Lipinski definition) is 6. The molecule has 6 nitrogen and oxygen atoms in total. The molecule has 30 heavy (non-hydrogen) atoms. The molecule has 0 saturated heterocycles. The van der Waals surface area contributed by atoms with E-state index in [4.69, 9.17) is 9.47 Å². The zero-order valence-electron chi connectivity index (χ0n) is 16.9. The van der Waals surface area contributed by atoms with E-state index in [-0.39, 0.29) is 50.5 Å². The molecular formula is C24H26O6. The van der Waals surface area contributed by atoms with E-state index in [2.05, 4.69) is 0 Å². The molecule has 0 aromatic heterocycles. The first kappa shape index (κ1) is 23.0. The lowest BCUT2D eigenvalue weighted by Crippen LogP contribution is -2.12. The van der Waals surface area contributed by atoms with E-state index in [0.29, 0.717) is 12.8 Å². The summed E-state index contributed by atoms with van der Waals surface area (Å²) in [5.41, 5.74) is 1.72. The van der Waals surface area contributed by atoms with Gasteiger partial charge in [0.25, 0.3) is 0 Å². The Balaban J connectivity index is 1.52. The Morgan fingerprint density at radius 2 is 0.933 bits per heavy atom. The number of ketones is 2. The smallest absolute Gasteiger partial charge is 0.313 e. The minimum Gasteiger partial charge on any atom is -0.460 e. The van der Waals surface area contributed by atoms with Crippen LogP contribution in [-0.4, -0.2) is 23.5 Å². The number of rotatable bonds is 13. The molecule has 2 aromatic rings. The third-order valence-electron chi connectivity index (χ3n) is 4.33. The molecule has 158 valence electrons. The zero-order valence-corrected chi connectivity index (χ0v) is 16.9. The molecule has 0 unspecified atom stereocenters. The summed E-state index contributed by atoms with van der Waals surface area (Å²) in [4.78, 5) is 47.1. The van der Waals surface area contributed by atoms with Crippen molar-refractivity contribution >= 4 is 23.5 Å².